The van der Waals surface area contributed by atoms with Crippen LogP contribution in [0.2, 0.25) is 0 Å². The number of H-pyrrole nitrogens is 1. The second kappa shape index (κ2) is 13.4. The summed E-state index contributed by atoms with van der Waals surface area (Å²) in [6.07, 6.45) is 8.37. The number of amides is 1. The number of aromatic amines is 1. The van der Waals surface area contributed by atoms with Crippen molar-refractivity contribution in [1.29, 1.82) is 0 Å². The number of fused-ring (bicyclic) bond motifs is 3. The molecular weight excluding hydrogens is 764 g/mol. The van der Waals surface area contributed by atoms with Gasteiger partial charge in [-0.15, -0.1) is 5.10 Å². The lowest BCUT2D eigenvalue weighted by atomic mass is 9.91. The molecule has 2 atom stereocenters. The summed E-state index contributed by atoms with van der Waals surface area (Å²) in [6.45, 7) is 7.68. The normalized spacial score (nSPS) is 19.4. The number of ether oxygens (including phenoxy) is 1. The number of halogens is 1. The molecular formula is C44H43FN12O3. The zero-order valence-corrected chi connectivity index (χ0v) is 33.8. The summed E-state index contributed by atoms with van der Waals surface area (Å²) < 4.78 is 29.5. The minimum absolute atomic E-state index is 0.141. The Kier molecular flexibility index (Phi) is 8.14. The van der Waals surface area contributed by atoms with Gasteiger partial charge < -0.3 is 14.2 Å². The lowest BCUT2D eigenvalue weighted by Crippen LogP contribution is -2.39. The number of aryl methyl sites for hydroxylation is 3. The monoisotopic (exact) mass is 806 g/mol. The highest BCUT2D eigenvalue weighted by atomic mass is 19.1. The molecule has 3 aliphatic rings. The summed E-state index contributed by atoms with van der Waals surface area (Å²) in [4.78, 5) is 31.6. The Hall–Kier alpha value is -6.68. The largest absolute Gasteiger partial charge is 0.381 e. The number of hydrogen-bond donors (Lipinski definition) is 1. The van der Waals surface area contributed by atoms with Crippen LogP contribution in [0.5, 0.6) is 0 Å². The Labute approximate surface area is 343 Å². The molecule has 0 radical (unpaired) electrons. The van der Waals surface area contributed by atoms with Crippen LogP contribution in [-0.2, 0) is 30.3 Å². The molecule has 2 fully saturated rings. The summed E-state index contributed by atoms with van der Waals surface area (Å²) in [6, 6.07) is 17.8. The fourth-order valence-corrected chi connectivity index (χ4v) is 9.81. The van der Waals surface area contributed by atoms with E-state index in [1.54, 1.807) is 63.1 Å². The highest BCUT2D eigenvalue weighted by Gasteiger charge is 2.59. The van der Waals surface area contributed by atoms with Gasteiger partial charge in [-0.05, 0) is 121 Å². The van der Waals surface area contributed by atoms with Crippen molar-refractivity contribution in [2.75, 3.05) is 19.8 Å². The summed E-state index contributed by atoms with van der Waals surface area (Å²) in [5.74, 6) is 1.25. The lowest BCUT2D eigenvalue weighted by molar-refractivity contribution is 0.0721. The van der Waals surface area contributed by atoms with Crippen molar-refractivity contribution in [2.24, 2.45) is 13.0 Å². The number of imidazole rings is 1. The molecule has 1 amide bonds. The second-order valence-corrected chi connectivity index (χ2v) is 16.7. The third-order valence-corrected chi connectivity index (χ3v) is 13.1. The fraction of sp³-hybridized carbons (Fsp3) is 0.341. The van der Waals surface area contributed by atoms with Crippen LogP contribution in [0.3, 0.4) is 0 Å². The van der Waals surface area contributed by atoms with Crippen molar-refractivity contribution in [2.45, 2.75) is 64.5 Å². The first-order chi connectivity index (χ1) is 29.1. The van der Waals surface area contributed by atoms with Crippen molar-refractivity contribution in [3.8, 4) is 17.2 Å². The van der Waals surface area contributed by atoms with Gasteiger partial charge >= 0.3 is 5.69 Å². The van der Waals surface area contributed by atoms with E-state index in [0.717, 1.165) is 65.5 Å². The summed E-state index contributed by atoms with van der Waals surface area (Å²) in [7, 11) is 1.88. The minimum atomic E-state index is -0.624. The number of nitrogens with zero attached hydrogens (tertiary/aromatic N) is 11. The minimum Gasteiger partial charge on any atom is -0.381 e. The number of hydrogen-bond acceptors (Lipinski definition) is 8. The van der Waals surface area contributed by atoms with Crippen molar-refractivity contribution in [1.82, 2.24) is 58.8 Å². The smallest absolute Gasteiger partial charge is 0.338 e. The maximum Gasteiger partial charge on any atom is 0.338 e. The van der Waals surface area contributed by atoms with Gasteiger partial charge in [0.2, 0.25) is 0 Å². The summed E-state index contributed by atoms with van der Waals surface area (Å²) in [5, 5.41) is 26.6. The topological polar surface area (TPSA) is 151 Å². The molecule has 0 unspecified atom stereocenters. The molecule has 0 bridgehead atoms. The van der Waals surface area contributed by atoms with Crippen molar-refractivity contribution < 1.29 is 13.9 Å². The van der Waals surface area contributed by atoms with E-state index >= 15 is 9.18 Å². The van der Waals surface area contributed by atoms with Crippen LogP contribution in [0.15, 0.2) is 78.0 Å². The van der Waals surface area contributed by atoms with Crippen molar-refractivity contribution >= 4 is 27.7 Å². The molecule has 1 aliphatic carbocycles. The zero-order valence-electron chi connectivity index (χ0n) is 33.8. The number of carbonyl (C=O) groups is 1. The van der Waals surface area contributed by atoms with Crippen LogP contribution in [0, 0.1) is 25.6 Å². The summed E-state index contributed by atoms with van der Waals surface area (Å²) in [5.41, 5.74) is 6.50. The van der Waals surface area contributed by atoms with E-state index in [4.69, 9.17) is 9.84 Å². The van der Waals surface area contributed by atoms with Gasteiger partial charge in [0.1, 0.15) is 22.9 Å². The predicted octanol–water partition coefficient (Wildman–Crippen LogP) is 5.80. The number of rotatable bonds is 7. The lowest BCUT2D eigenvalue weighted by Gasteiger charge is -2.29. The van der Waals surface area contributed by atoms with Crippen LogP contribution >= 0.6 is 0 Å². The first-order valence-electron chi connectivity index (χ1n) is 20.5. The predicted molar refractivity (Wildman–Crippen MR) is 220 cm³/mol. The van der Waals surface area contributed by atoms with Gasteiger partial charge in [0.15, 0.2) is 5.82 Å². The van der Waals surface area contributed by atoms with Crippen LogP contribution in [-0.4, -0.2) is 84.5 Å². The SMILES string of the molecule is Cc1cc(-n2nc3c(c2-n2ccn(-c4ccc5c(cnn5C)c4)c2=O)CN(C(=O)c2cc4cc(C5CCOCC5)ccc4n2[C@@]2(c4nnn[nH]4)C[C@@H]2C)CC3)cc(C)c1F. The first-order valence-corrected chi connectivity index (χ1v) is 20.5. The van der Waals surface area contributed by atoms with Gasteiger partial charge in [-0.3, -0.25) is 18.6 Å². The molecule has 2 aliphatic heterocycles. The van der Waals surface area contributed by atoms with E-state index in [9.17, 15) is 4.79 Å². The maximum absolute atomic E-state index is 15.2. The molecule has 7 heterocycles. The van der Waals surface area contributed by atoms with Crippen molar-refractivity contribution in [3.05, 3.63) is 129 Å². The zero-order chi connectivity index (χ0) is 41.0. The van der Waals surface area contributed by atoms with E-state index in [0.29, 0.717) is 58.7 Å². The van der Waals surface area contributed by atoms with E-state index in [1.807, 2.05) is 36.2 Å². The van der Waals surface area contributed by atoms with Gasteiger partial charge in [-0.25, -0.2) is 19.0 Å². The molecule has 304 valence electrons. The molecule has 11 rings (SSSR count). The molecule has 60 heavy (non-hydrogen) atoms. The van der Waals surface area contributed by atoms with E-state index < -0.39 is 5.54 Å². The van der Waals surface area contributed by atoms with Crippen LogP contribution in [0.1, 0.15) is 76.4 Å². The number of benzene rings is 3. The van der Waals surface area contributed by atoms with Crippen molar-refractivity contribution in [3.63, 3.8) is 0 Å². The Morgan fingerprint density at radius 1 is 0.950 bits per heavy atom. The molecule has 1 saturated carbocycles. The molecule has 5 aromatic heterocycles. The molecule has 3 aromatic carbocycles. The van der Waals surface area contributed by atoms with Crippen LogP contribution < -0.4 is 5.69 Å². The van der Waals surface area contributed by atoms with Gasteiger partial charge in [0.05, 0.1) is 35.3 Å². The Morgan fingerprint density at radius 2 is 1.72 bits per heavy atom. The average Bonchev–Trinajstić information content (AvgIpc) is 3.94. The fourth-order valence-electron chi connectivity index (χ4n) is 9.81. The molecule has 0 spiro atoms. The number of tetrazole rings is 1. The molecule has 8 aromatic rings. The molecule has 1 N–H and O–H groups in total. The molecule has 16 heteroatoms. The van der Waals surface area contributed by atoms with E-state index in [2.05, 4.69) is 55.4 Å². The number of carbonyl (C=O) groups excluding carboxylic acids is 1. The number of nitrogens with one attached hydrogen (secondary N) is 1. The molecule has 15 nitrogen and oxygen atoms in total. The van der Waals surface area contributed by atoms with Gasteiger partial charge in [-0.2, -0.15) is 10.2 Å². The Bertz CT molecular complexity index is 3050. The quantitative estimate of drug-likeness (QED) is 0.212. The Morgan fingerprint density at radius 3 is 2.47 bits per heavy atom. The average molecular weight is 807 g/mol. The van der Waals surface area contributed by atoms with E-state index in [1.165, 1.54) is 5.56 Å². The Balaban J connectivity index is 1.03. The third kappa shape index (κ3) is 5.46. The molecule has 1 saturated heterocycles. The van der Waals surface area contributed by atoms with Crippen LogP contribution in [0.4, 0.5) is 4.39 Å². The maximum atomic E-state index is 15.2. The summed E-state index contributed by atoms with van der Waals surface area (Å²) >= 11 is 0. The standard InChI is InChI=1S/C44H43FN12O3/c1-25-17-33(18-26(2)39(25)45)57-40(55-14-13-54(43(55)59)32-6-8-36-31(20-32)23-46-52(36)4)34-24-53(12-9-35(34)49-57)41(58)38-21-30-19-29(28-10-15-60-16-11-28)5-7-37(30)56(38)44(22-27(44)3)42-47-50-51-48-42/h5-8,13-14,17-21,23,27-28H,9-12,15-16,22,24H2,1-4H3,(H,47,48,50,51)/t27-,44-/m0/s1. The number of aromatic nitrogens is 11. The van der Waals surface area contributed by atoms with E-state index in [-0.39, 0.29) is 29.9 Å². The van der Waals surface area contributed by atoms with Crippen LogP contribution in [0.25, 0.3) is 39.0 Å². The first kappa shape index (κ1) is 36.4. The van der Waals surface area contributed by atoms with Gasteiger partial charge in [0.25, 0.3) is 5.91 Å². The van der Waals surface area contributed by atoms with Gasteiger partial charge in [-0.1, -0.05) is 13.0 Å². The third-order valence-electron chi connectivity index (χ3n) is 13.1. The second-order valence-electron chi connectivity index (χ2n) is 16.7. The highest BCUT2D eigenvalue weighted by Crippen LogP contribution is 2.56. The highest BCUT2D eigenvalue weighted by molar-refractivity contribution is 5.99. The van der Waals surface area contributed by atoms with Gasteiger partial charge in [0, 0.05) is 67.5 Å².